The first-order valence-electron chi connectivity index (χ1n) is 5.97. The molecule has 21 heavy (non-hydrogen) atoms. The Morgan fingerprint density at radius 1 is 1.19 bits per heavy atom. The van der Waals surface area contributed by atoms with E-state index in [2.05, 4.69) is 21.4 Å². The van der Waals surface area contributed by atoms with Crippen molar-refractivity contribution in [1.82, 2.24) is 5.43 Å². The van der Waals surface area contributed by atoms with Crippen LogP contribution in [0, 0.1) is 11.6 Å². The highest BCUT2D eigenvalue weighted by atomic mass is 79.9. The van der Waals surface area contributed by atoms with Gasteiger partial charge in [0.2, 0.25) is 0 Å². The molecule has 0 aliphatic rings. The molecule has 0 aliphatic heterocycles. The lowest BCUT2D eigenvalue weighted by atomic mass is 9.98. The van der Waals surface area contributed by atoms with Crippen molar-refractivity contribution in [2.45, 2.75) is 12.5 Å². The normalized spacial score (nSPS) is 12.5. The van der Waals surface area contributed by atoms with Crippen molar-refractivity contribution in [1.29, 1.82) is 0 Å². The fraction of sp³-hybridized carbons (Fsp3) is 0.143. The van der Waals surface area contributed by atoms with E-state index in [0.29, 0.717) is 20.1 Å². The van der Waals surface area contributed by atoms with Crippen molar-refractivity contribution < 1.29 is 8.78 Å². The number of hydrogen-bond acceptors (Lipinski definition) is 2. The van der Waals surface area contributed by atoms with Gasteiger partial charge in [-0.1, -0.05) is 51.3 Å². The lowest BCUT2D eigenvalue weighted by Crippen LogP contribution is -2.31. The van der Waals surface area contributed by atoms with Crippen LogP contribution in [0.3, 0.4) is 0 Å². The molecule has 0 amide bonds. The maximum absolute atomic E-state index is 14.0. The molecule has 0 saturated heterocycles. The summed E-state index contributed by atoms with van der Waals surface area (Å²) in [5.41, 5.74) is 2.92. The van der Waals surface area contributed by atoms with Gasteiger partial charge in [-0.25, -0.2) is 8.78 Å². The summed E-state index contributed by atoms with van der Waals surface area (Å²) < 4.78 is 28.3. The van der Waals surface area contributed by atoms with Gasteiger partial charge in [-0.15, -0.1) is 0 Å². The van der Waals surface area contributed by atoms with Crippen molar-refractivity contribution in [3.8, 4) is 0 Å². The largest absolute Gasteiger partial charge is 0.271 e. The molecule has 2 nitrogen and oxygen atoms in total. The van der Waals surface area contributed by atoms with Gasteiger partial charge < -0.3 is 0 Å². The molecule has 0 radical (unpaired) electrons. The van der Waals surface area contributed by atoms with Gasteiger partial charge in [0.05, 0.1) is 16.1 Å². The molecule has 0 spiro atoms. The van der Waals surface area contributed by atoms with Crippen molar-refractivity contribution >= 4 is 39.1 Å². The fourth-order valence-electron chi connectivity index (χ4n) is 2.06. The number of hydrogen-bond donors (Lipinski definition) is 2. The summed E-state index contributed by atoms with van der Waals surface area (Å²) in [7, 11) is 0. The third-order valence-electron chi connectivity index (χ3n) is 3.05. The Morgan fingerprint density at radius 2 is 1.81 bits per heavy atom. The molecule has 1 atom stereocenters. The van der Waals surface area contributed by atoms with E-state index in [9.17, 15) is 8.78 Å². The Kier molecular flexibility index (Phi) is 5.57. The minimum absolute atomic E-state index is 0.142. The van der Waals surface area contributed by atoms with Gasteiger partial charge in [-0.2, -0.15) is 0 Å². The Bertz CT molecular complexity index is 644. The van der Waals surface area contributed by atoms with Crippen LogP contribution in [0.1, 0.15) is 17.2 Å². The minimum Gasteiger partial charge on any atom is -0.271 e. The molecular weight excluding hydrogens is 385 g/mol. The average molecular weight is 396 g/mol. The van der Waals surface area contributed by atoms with Crippen molar-refractivity contribution in [2.24, 2.45) is 5.84 Å². The average Bonchev–Trinajstić information content (AvgIpc) is 2.41. The van der Waals surface area contributed by atoms with Crippen LogP contribution >= 0.6 is 39.1 Å². The van der Waals surface area contributed by atoms with E-state index in [-0.39, 0.29) is 12.0 Å². The van der Waals surface area contributed by atoms with Crippen molar-refractivity contribution in [3.05, 3.63) is 67.6 Å². The molecule has 0 aromatic heterocycles. The van der Waals surface area contributed by atoms with Crippen LogP contribution in [0.25, 0.3) is 0 Å². The molecule has 1 unspecified atom stereocenters. The number of rotatable bonds is 4. The lowest BCUT2D eigenvalue weighted by Gasteiger charge is -2.19. The molecule has 0 bridgehead atoms. The Morgan fingerprint density at radius 3 is 2.38 bits per heavy atom. The van der Waals surface area contributed by atoms with Crippen LogP contribution in [0.15, 0.2) is 34.8 Å². The molecule has 0 aliphatic carbocycles. The summed E-state index contributed by atoms with van der Waals surface area (Å²) in [6.07, 6.45) is 0.200. The molecule has 2 aromatic carbocycles. The second-order valence-corrected chi connectivity index (χ2v) is 6.12. The monoisotopic (exact) mass is 394 g/mol. The summed E-state index contributed by atoms with van der Waals surface area (Å²) in [4.78, 5) is 0. The van der Waals surface area contributed by atoms with E-state index in [1.54, 1.807) is 18.2 Å². The first-order chi connectivity index (χ1) is 9.93. The first kappa shape index (κ1) is 16.6. The predicted molar refractivity (Wildman–Crippen MR) is 84.3 cm³/mol. The van der Waals surface area contributed by atoms with Gasteiger partial charge in [0, 0.05) is 10.0 Å². The van der Waals surface area contributed by atoms with E-state index in [1.165, 1.54) is 12.1 Å². The zero-order valence-corrected chi connectivity index (χ0v) is 13.7. The van der Waals surface area contributed by atoms with Gasteiger partial charge in [0.1, 0.15) is 11.6 Å². The number of nitrogens with two attached hydrogens (primary N) is 1. The van der Waals surface area contributed by atoms with Crippen LogP contribution < -0.4 is 11.3 Å². The molecular formula is C14H11BrCl2F2N2. The van der Waals surface area contributed by atoms with Crippen molar-refractivity contribution in [3.63, 3.8) is 0 Å². The van der Waals surface area contributed by atoms with Gasteiger partial charge in [0.15, 0.2) is 0 Å². The molecule has 2 aromatic rings. The van der Waals surface area contributed by atoms with Crippen LogP contribution in [-0.4, -0.2) is 0 Å². The molecule has 2 rings (SSSR count). The summed E-state index contributed by atoms with van der Waals surface area (Å²) >= 11 is 15.1. The van der Waals surface area contributed by atoms with E-state index in [4.69, 9.17) is 29.0 Å². The number of halogens is 5. The molecule has 0 fully saturated rings. The lowest BCUT2D eigenvalue weighted by molar-refractivity contribution is 0.472. The van der Waals surface area contributed by atoms with Crippen LogP contribution in [0.4, 0.5) is 8.78 Å². The molecule has 7 heteroatoms. The zero-order chi connectivity index (χ0) is 15.6. The quantitative estimate of drug-likeness (QED) is 0.577. The second kappa shape index (κ2) is 7.03. The molecule has 0 heterocycles. The van der Waals surface area contributed by atoms with Crippen molar-refractivity contribution in [2.75, 3.05) is 0 Å². The van der Waals surface area contributed by atoms with E-state index >= 15 is 0 Å². The van der Waals surface area contributed by atoms with E-state index in [1.807, 2.05) is 0 Å². The zero-order valence-electron chi connectivity index (χ0n) is 10.6. The molecule has 0 saturated carbocycles. The maximum Gasteiger partial charge on any atom is 0.132 e. The Balaban J connectivity index is 2.39. The summed E-state index contributed by atoms with van der Waals surface area (Å²) in [5, 5.41) is 0.721. The second-order valence-electron chi connectivity index (χ2n) is 4.42. The molecule has 3 N–H and O–H groups in total. The highest BCUT2D eigenvalue weighted by Crippen LogP contribution is 2.31. The Labute approximate surface area is 139 Å². The number of nitrogens with one attached hydrogen (secondary N) is 1. The standard InChI is InChI=1S/C14H11BrCl2F2N2/c15-8-5-10(18)13(11(19)6-8)12(21-20)4-7-2-1-3-9(16)14(7)17/h1-3,5-6,12,21H,4,20H2. The minimum atomic E-state index is -0.769. The maximum atomic E-state index is 14.0. The first-order valence-corrected chi connectivity index (χ1v) is 7.52. The summed E-state index contributed by atoms with van der Waals surface area (Å²) in [5.74, 6) is 4.06. The van der Waals surface area contributed by atoms with Crippen LogP contribution in [0.5, 0.6) is 0 Å². The number of hydrazine groups is 1. The number of benzene rings is 2. The third-order valence-corrected chi connectivity index (χ3v) is 4.36. The van der Waals surface area contributed by atoms with E-state index < -0.39 is 17.7 Å². The van der Waals surface area contributed by atoms with Gasteiger partial charge in [0.25, 0.3) is 0 Å². The van der Waals surface area contributed by atoms with Crippen LogP contribution in [-0.2, 0) is 6.42 Å². The molecule has 112 valence electrons. The third kappa shape index (κ3) is 3.73. The van der Waals surface area contributed by atoms with Gasteiger partial charge in [-0.05, 0) is 30.2 Å². The highest BCUT2D eigenvalue weighted by Gasteiger charge is 2.21. The predicted octanol–water partition coefficient (Wildman–Crippen LogP) is 4.78. The Hall–Kier alpha value is -0.720. The smallest absolute Gasteiger partial charge is 0.132 e. The van der Waals surface area contributed by atoms with Gasteiger partial charge >= 0.3 is 0 Å². The highest BCUT2D eigenvalue weighted by molar-refractivity contribution is 9.10. The summed E-state index contributed by atoms with van der Waals surface area (Å²) in [6, 6.07) is 6.68. The SMILES string of the molecule is NNC(Cc1cccc(Cl)c1Cl)c1c(F)cc(Br)cc1F. The fourth-order valence-corrected chi connectivity index (χ4v) is 2.86. The van der Waals surface area contributed by atoms with E-state index in [0.717, 1.165) is 0 Å². The summed E-state index contributed by atoms with van der Waals surface area (Å²) in [6.45, 7) is 0. The van der Waals surface area contributed by atoms with Gasteiger partial charge in [-0.3, -0.25) is 11.3 Å². The van der Waals surface area contributed by atoms with Crippen LogP contribution in [0.2, 0.25) is 10.0 Å². The topological polar surface area (TPSA) is 38.0 Å².